The normalized spacial score (nSPS) is 17.5. The van der Waals surface area contributed by atoms with E-state index in [1.54, 1.807) is 18.9 Å². The molecule has 1 rings (SSSR count). The smallest absolute Gasteiger partial charge is 0.317 e. The second-order valence-electron chi connectivity index (χ2n) is 3.51. The van der Waals surface area contributed by atoms with E-state index < -0.39 is 0 Å². The molecule has 0 saturated carbocycles. The highest BCUT2D eigenvalue weighted by atomic mass is 16.2. The van der Waals surface area contributed by atoms with E-state index in [2.05, 4.69) is 16.0 Å². The summed E-state index contributed by atoms with van der Waals surface area (Å²) in [5.41, 5.74) is 0. The Kier molecular flexibility index (Phi) is 4.36. The maximum Gasteiger partial charge on any atom is 0.317 e. The zero-order valence-electron chi connectivity index (χ0n) is 9.17. The number of urea groups is 1. The van der Waals surface area contributed by atoms with Crippen LogP contribution in [0, 0.1) is 0 Å². The van der Waals surface area contributed by atoms with E-state index in [1.807, 2.05) is 0 Å². The van der Waals surface area contributed by atoms with Crippen molar-refractivity contribution >= 4 is 11.9 Å². The lowest BCUT2D eigenvalue weighted by Gasteiger charge is -2.16. The molecule has 1 aliphatic rings. The first-order chi connectivity index (χ1) is 7.15. The van der Waals surface area contributed by atoms with Gasteiger partial charge >= 0.3 is 6.03 Å². The Hall–Kier alpha value is -1.30. The van der Waals surface area contributed by atoms with Crippen LogP contribution in [0.4, 0.5) is 4.79 Å². The lowest BCUT2D eigenvalue weighted by molar-refractivity contribution is -0.122. The second kappa shape index (κ2) is 5.55. The van der Waals surface area contributed by atoms with Crippen molar-refractivity contribution in [1.82, 2.24) is 20.9 Å². The third-order valence-electron chi connectivity index (χ3n) is 2.42. The van der Waals surface area contributed by atoms with E-state index in [-0.39, 0.29) is 18.0 Å². The van der Waals surface area contributed by atoms with Crippen molar-refractivity contribution in [3.63, 3.8) is 0 Å². The molecule has 0 radical (unpaired) electrons. The second-order valence-corrected chi connectivity index (χ2v) is 3.51. The number of likely N-dealkylation sites (N-methyl/N-ethyl adjacent to an activating group) is 1. The van der Waals surface area contributed by atoms with Gasteiger partial charge in [0.25, 0.3) is 0 Å². The molecule has 1 atom stereocenters. The molecule has 1 fully saturated rings. The topological polar surface area (TPSA) is 73.5 Å². The highest BCUT2D eigenvalue weighted by Crippen LogP contribution is 1.94. The van der Waals surface area contributed by atoms with Gasteiger partial charge in [-0.3, -0.25) is 4.79 Å². The molecule has 0 aliphatic carbocycles. The minimum Gasteiger partial charge on any atom is -0.358 e. The van der Waals surface area contributed by atoms with Crippen LogP contribution in [0.1, 0.15) is 6.92 Å². The predicted molar refractivity (Wildman–Crippen MR) is 56.5 cm³/mol. The van der Waals surface area contributed by atoms with Crippen molar-refractivity contribution in [3.05, 3.63) is 0 Å². The fourth-order valence-corrected chi connectivity index (χ4v) is 1.45. The summed E-state index contributed by atoms with van der Waals surface area (Å²) in [6.45, 7) is 4.51. The molecular formula is C9H18N4O2. The highest BCUT2D eigenvalue weighted by Gasteiger charge is 2.19. The number of nitrogens with zero attached hydrogens (tertiary/aromatic N) is 1. The van der Waals surface area contributed by atoms with Gasteiger partial charge in [-0.1, -0.05) is 0 Å². The van der Waals surface area contributed by atoms with E-state index in [0.29, 0.717) is 19.6 Å². The van der Waals surface area contributed by atoms with Crippen LogP contribution in [0.25, 0.3) is 0 Å². The van der Waals surface area contributed by atoms with Crippen LogP contribution in [0.5, 0.6) is 0 Å². The number of carbonyl (C=O) groups is 2. The summed E-state index contributed by atoms with van der Waals surface area (Å²) < 4.78 is 0. The van der Waals surface area contributed by atoms with Crippen LogP contribution < -0.4 is 16.0 Å². The first kappa shape index (κ1) is 11.8. The molecule has 0 aromatic carbocycles. The van der Waals surface area contributed by atoms with Gasteiger partial charge in [-0.15, -0.1) is 0 Å². The van der Waals surface area contributed by atoms with E-state index in [4.69, 9.17) is 0 Å². The molecule has 15 heavy (non-hydrogen) atoms. The quantitative estimate of drug-likeness (QED) is 0.534. The molecule has 3 N–H and O–H groups in total. The summed E-state index contributed by atoms with van der Waals surface area (Å²) in [5, 5.41) is 8.33. The molecule has 6 nitrogen and oxygen atoms in total. The minimum atomic E-state index is -0.222. The lowest BCUT2D eigenvalue weighted by Crippen LogP contribution is -2.44. The predicted octanol–water partition coefficient (Wildman–Crippen LogP) is -1.26. The zero-order chi connectivity index (χ0) is 11.3. The first-order valence-corrected chi connectivity index (χ1v) is 5.13. The van der Waals surface area contributed by atoms with E-state index in [1.165, 1.54) is 0 Å². The van der Waals surface area contributed by atoms with Crippen LogP contribution in [-0.4, -0.2) is 56.1 Å². The fourth-order valence-electron chi connectivity index (χ4n) is 1.45. The number of nitrogens with one attached hydrogen (secondary N) is 3. The maximum absolute atomic E-state index is 11.1. The Labute approximate surface area is 89.4 Å². The van der Waals surface area contributed by atoms with Crippen molar-refractivity contribution in [2.75, 3.05) is 33.2 Å². The van der Waals surface area contributed by atoms with Crippen LogP contribution in [0.2, 0.25) is 0 Å². The van der Waals surface area contributed by atoms with Crippen molar-refractivity contribution in [3.8, 4) is 0 Å². The third kappa shape index (κ3) is 3.39. The molecule has 1 aliphatic heterocycles. The van der Waals surface area contributed by atoms with Crippen LogP contribution in [-0.2, 0) is 4.79 Å². The van der Waals surface area contributed by atoms with Crippen molar-refractivity contribution < 1.29 is 9.59 Å². The molecule has 1 heterocycles. The van der Waals surface area contributed by atoms with E-state index in [9.17, 15) is 9.59 Å². The molecule has 6 heteroatoms. The van der Waals surface area contributed by atoms with Crippen LogP contribution in [0.15, 0.2) is 0 Å². The molecule has 0 aromatic heterocycles. The van der Waals surface area contributed by atoms with Gasteiger partial charge in [0.05, 0.1) is 6.04 Å². The number of amides is 3. The molecule has 1 saturated heterocycles. The van der Waals surface area contributed by atoms with Gasteiger partial charge in [0, 0.05) is 33.2 Å². The van der Waals surface area contributed by atoms with Gasteiger partial charge in [-0.05, 0) is 6.92 Å². The molecule has 86 valence electrons. The summed E-state index contributed by atoms with van der Waals surface area (Å²) in [6.07, 6.45) is 0. The van der Waals surface area contributed by atoms with Crippen molar-refractivity contribution in [2.45, 2.75) is 13.0 Å². The van der Waals surface area contributed by atoms with Crippen molar-refractivity contribution in [1.29, 1.82) is 0 Å². The standard InChI is InChI=1S/C9H18N4O2/c1-7(8(14)10-2)11-3-5-13-6-4-12-9(13)15/h7,11H,3-6H2,1-2H3,(H,10,14)(H,12,15). The van der Waals surface area contributed by atoms with Gasteiger partial charge in [-0.25, -0.2) is 4.79 Å². The SMILES string of the molecule is CNC(=O)C(C)NCCN1CCNC1=O. The van der Waals surface area contributed by atoms with Gasteiger partial charge < -0.3 is 20.9 Å². The molecule has 1 unspecified atom stereocenters. The van der Waals surface area contributed by atoms with E-state index >= 15 is 0 Å². The Balaban J connectivity index is 2.15. The summed E-state index contributed by atoms with van der Waals surface area (Å²) in [5.74, 6) is -0.0409. The fraction of sp³-hybridized carbons (Fsp3) is 0.778. The van der Waals surface area contributed by atoms with Crippen LogP contribution in [0.3, 0.4) is 0 Å². The van der Waals surface area contributed by atoms with Gasteiger partial charge in [0.1, 0.15) is 0 Å². The van der Waals surface area contributed by atoms with E-state index in [0.717, 1.165) is 6.54 Å². The molecule has 0 aromatic rings. The number of rotatable bonds is 5. The largest absolute Gasteiger partial charge is 0.358 e. The Bertz CT molecular complexity index is 244. The summed E-state index contributed by atoms with van der Waals surface area (Å²) in [7, 11) is 1.61. The summed E-state index contributed by atoms with van der Waals surface area (Å²) >= 11 is 0. The summed E-state index contributed by atoms with van der Waals surface area (Å²) in [6, 6.07) is -0.245. The van der Waals surface area contributed by atoms with Gasteiger partial charge in [0.2, 0.25) is 5.91 Å². The average Bonchev–Trinajstić information content (AvgIpc) is 2.63. The zero-order valence-corrected chi connectivity index (χ0v) is 9.17. The maximum atomic E-state index is 11.1. The first-order valence-electron chi connectivity index (χ1n) is 5.13. The number of hydrogen-bond acceptors (Lipinski definition) is 3. The Morgan fingerprint density at radius 2 is 2.40 bits per heavy atom. The molecule has 3 amide bonds. The molecule has 0 bridgehead atoms. The minimum absolute atomic E-state index is 0.0237. The average molecular weight is 214 g/mol. The number of hydrogen-bond donors (Lipinski definition) is 3. The van der Waals surface area contributed by atoms with Crippen molar-refractivity contribution in [2.24, 2.45) is 0 Å². The monoisotopic (exact) mass is 214 g/mol. The molecular weight excluding hydrogens is 196 g/mol. The summed E-state index contributed by atoms with van der Waals surface area (Å²) in [4.78, 5) is 24.0. The number of carbonyl (C=O) groups excluding carboxylic acids is 2. The van der Waals surface area contributed by atoms with Gasteiger partial charge in [-0.2, -0.15) is 0 Å². The Morgan fingerprint density at radius 1 is 1.67 bits per heavy atom. The van der Waals surface area contributed by atoms with Crippen LogP contribution >= 0.6 is 0 Å². The Morgan fingerprint density at radius 3 is 2.93 bits per heavy atom. The third-order valence-corrected chi connectivity index (χ3v) is 2.42. The molecule has 0 spiro atoms. The highest BCUT2D eigenvalue weighted by molar-refractivity contribution is 5.80. The lowest BCUT2D eigenvalue weighted by atomic mass is 10.3. The van der Waals surface area contributed by atoms with Gasteiger partial charge in [0.15, 0.2) is 0 Å².